The van der Waals surface area contributed by atoms with Crippen LogP contribution in [0.1, 0.15) is 12.8 Å². The van der Waals surface area contributed by atoms with E-state index in [1.807, 2.05) is 0 Å². The highest BCUT2D eigenvalue weighted by molar-refractivity contribution is 5.87. The number of carboxylic acid groups (broad SMARTS) is 1. The molecule has 106 valence electrons. The van der Waals surface area contributed by atoms with Crippen molar-refractivity contribution in [2.24, 2.45) is 11.7 Å². The molecule has 2 rings (SSSR count). The number of nitrogens with two attached hydrogens (primary N) is 1. The van der Waals surface area contributed by atoms with Crippen LogP contribution in [0.3, 0.4) is 0 Å². The monoisotopic (exact) mass is 271 g/mol. The van der Waals surface area contributed by atoms with Crippen molar-refractivity contribution < 1.29 is 24.2 Å². The number of carboxylic acids is 1. The Labute approximate surface area is 109 Å². The Morgan fingerprint density at radius 3 is 2.68 bits per heavy atom. The third-order valence-corrected chi connectivity index (χ3v) is 3.55. The lowest BCUT2D eigenvalue weighted by Crippen LogP contribution is -2.52. The highest BCUT2D eigenvalue weighted by Gasteiger charge is 2.38. The summed E-state index contributed by atoms with van der Waals surface area (Å²) in [5, 5.41) is 11.6. The minimum absolute atomic E-state index is 0.0829. The van der Waals surface area contributed by atoms with E-state index in [9.17, 15) is 14.4 Å². The van der Waals surface area contributed by atoms with Crippen molar-refractivity contribution in [3.05, 3.63) is 0 Å². The molecule has 0 bridgehead atoms. The minimum Gasteiger partial charge on any atom is -0.481 e. The van der Waals surface area contributed by atoms with E-state index in [1.165, 1.54) is 4.90 Å². The number of carbonyl (C=O) groups excluding carboxylic acids is 2. The first-order valence-corrected chi connectivity index (χ1v) is 6.17. The fourth-order valence-electron chi connectivity index (χ4n) is 2.49. The lowest BCUT2D eigenvalue weighted by atomic mass is 10.0. The molecule has 8 nitrogen and oxygen atoms in total. The van der Waals surface area contributed by atoms with Gasteiger partial charge in [0.05, 0.1) is 19.3 Å². The van der Waals surface area contributed by atoms with Crippen LogP contribution in [0.2, 0.25) is 0 Å². The molecule has 8 heteroatoms. The van der Waals surface area contributed by atoms with E-state index in [2.05, 4.69) is 5.32 Å². The van der Waals surface area contributed by atoms with Gasteiger partial charge in [-0.15, -0.1) is 0 Å². The molecule has 0 aromatic carbocycles. The Morgan fingerprint density at radius 2 is 2.05 bits per heavy atom. The molecular formula is C11H17N3O5. The number of rotatable bonds is 3. The molecule has 0 saturated carbocycles. The molecule has 0 radical (unpaired) electrons. The van der Waals surface area contributed by atoms with E-state index in [-0.39, 0.29) is 13.2 Å². The lowest BCUT2D eigenvalue weighted by molar-refractivity contribution is -0.142. The van der Waals surface area contributed by atoms with Crippen LogP contribution in [0, 0.1) is 5.92 Å². The average Bonchev–Trinajstić information content (AvgIpc) is 2.96. The normalized spacial score (nSPS) is 30.3. The van der Waals surface area contributed by atoms with Crippen molar-refractivity contribution >= 4 is 17.9 Å². The van der Waals surface area contributed by atoms with E-state index in [0.717, 1.165) is 0 Å². The predicted octanol–water partition coefficient (Wildman–Crippen LogP) is -1.25. The third-order valence-electron chi connectivity index (χ3n) is 3.55. The summed E-state index contributed by atoms with van der Waals surface area (Å²) in [6, 6.07) is -1.63. The van der Waals surface area contributed by atoms with Crippen LogP contribution in [0.5, 0.6) is 0 Å². The largest absolute Gasteiger partial charge is 0.481 e. The number of primary amides is 1. The molecule has 4 N–H and O–H groups in total. The number of nitrogens with one attached hydrogen (secondary N) is 1. The van der Waals surface area contributed by atoms with Gasteiger partial charge < -0.3 is 25.8 Å². The molecule has 0 spiro atoms. The summed E-state index contributed by atoms with van der Waals surface area (Å²) in [5.74, 6) is -2.29. The molecular weight excluding hydrogens is 254 g/mol. The molecule has 19 heavy (non-hydrogen) atoms. The van der Waals surface area contributed by atoms with Crippen LogP contribution in [0.25, 0.3) is 0 Å². The smallest absolute Gasteiger partial charge is 0.318 e. The number of nitrogens with zero attached hydrogens (tertiary/aromatic N) is 1. The summed E-state index contributed by atoms with van der Waals surface area (Å²) in [6.45, 7) is 0.696. The van der Waals surface area contributed by atoms with E-state index < -0.39 is 35.9 Å². The van der Waals surface area contributed by atoms with Gasteiger partial charge in [-0.2, -0.15) is 0 Å². The van der Waals surface area contributed by atoms with Crippen LogP contribution in [0.4, 0.5) is 4.79 Å². The zero-order chi connectivity index (χ0) is 14.0. The Balaban J connectivity index is 1.97. The Kier molecular flexibility index (Phi) is 3.89. The van der Waals surface area contributed by atoms with Crippen LogP contribution in [-0.4, -0.2) is 59.8 Å². The molecule has 2 heterocycles. The zero-order valence-electron chi connectivity index (χ0n) is 10.4. The maximum atomic E-state index is 12.0. The molecule has 0 aliphatic carbocycles. The van der Waals surface area contributed by atoms with Crippen LogP contribution in [-0.2, 0) is 14.3 Å². The fraction of sp³-hybridized carbons (Fsp3) is 0.727. The van der Waals surface area contributed by atoms with Crippen molar-refractivity contribution in [2.45, 2.75) is 24.9 Å². The maximum Gasteiger partial charge on any atom is 0.318 e. The van der Waals surface area contributed by atoms with Gasteiger partial charge in [0.25, 0.3) is 0 Å². The van der Waals surface area contributed by atoms with Crippen LogP contribution >= 0.6 is 0 Å². The second-order valence-corrected chi connectivity index (χ2v) is 4.79. The zero-order valence-corrected chi connectivity index (χ0v) is 10.4. The van der Waals surface area contributed by atoms with E-state index in [0.29, 0.717) is 19.4 Å². The highest BCUT2D eigenvalue weighted by atomic mass is 16.5. The summed E-state index contributed by atoms with van der Waals surface area (Å²) in [4.78, 5) is 35.6. The molecule has 2 fully saturated rings. The van der Waals surface area contributed by atoms with Crippen molar-refractivity contribution in [1.29, 1.82) is 0 Å². The molecule has 2 saturated heterocycles. The second kappa shape index (κ2) is 5.43. The van der Waals surface area contributed by atoms with Gasteiger partial charge in [0.2, 0.25) is 5.91 Å². The first-order valence-electron chi connectivity index (χ1n) is 6.17. The summed E-state index contributed by atoms with van der Waals surface area (Å²) in [5.41, 5.74) is 5.23. The maximum absolute atomic E-state index is 12.0. The first-order chi connectivity index (χ1) is 9.00. The van der Waals surface area contributed by atoms with Crippen molar-refractivity contribution in [3.63, 3.8) is 0 Å². The van der Waals surface area contributed by atoms with Gasteiger partial charge in [-0.25, -0.2) is 4.79 Å². The molecule has 3 atom stereocenters. The number of ether oxygens (including phenoxy) is 1. The molecule has 2 aliphatic rings. The standard InChI is InChI=1S/C11H17N3O5/c12-9(15)8-2-1-3-14(8)11(18)13-7-5-19-4-6(7)10(16)17/h6-8H,1-5H2,(H2,12,15)(H,13,18)(H,16,17). The molecule has 2 aliphatic heterocycles. The van der Waals surface area contributed by atoms with Gasteiger partial charge >= 0.3 is 12.0 Å². The van der Waals surface area contributed by atoms with Gasteiger partial charge in [-0.1, -0.05) is 0 Å². The summed E-state index contributed by atoms with van der Waals surface area (Å²) in [6.07, 6.45) is 1.26. The average molecular weight is 271 g/mol. The van der Waals surface area contributed by atoms with Crippen LogP contribution < -0.4 is 11.1 Å². The molecule has 0 aromatic rings. The molecule has 0 aromatic heterocycles. The fourth-order valence-corrected chi connectivity index (χ4v) is 2.49. The van der Waals surface area contributed by atoms with Crippen molar-refractivity contribution in [2.75, 3.05) is 19.8 Å². The van der Waals surface area contributed by atoms with Gasteiger partial charge in [-0.05, 0) is 12.8 Å². The van der Waals surface area contributed by atoms with E-state index in [4.69, 9.17) is 15.6 Å². The van der Waals surface area contributed by atoms with Gasteiger partial charge in [0.1, 0.15) is 12.0 Å². The van der Waals surface area contributed by atoms with Gasteiger partial charge in [0, 0.05) is 6.54 Å². The number of aliphatic carboxylic acids is 1. The third kappa shape index (κ3) is 2.78. The van der Waals surface area contributed by atoms with Crippen LogP contribution in [0.15, 0.2) is 0 Å². The molecule has 3 amide bonds. The number of hydrogen-bond donors (Lipinski definition) is 3. The van der Waals surface area contributed by atoms with Gasteiger partial charge in [-0.3, -0.25) is 9.59 Å². The number of amides is 3. The van der Waals surface area contributed by atoms with E-state index >= 15 is 0 Å². The number of carbonyl (C=O) groups is 3. The second-order valence-electron chi connectivity index (χ2n) is 4.79. The number of urea groups is 1. The van der Waals surface area contributed by atoms with Gasteiger partial charge in [0.15, 0.2) is 0 Å². The number of hydrogen-bond acceptors (Lipinski definition) is 4. The lowest BCUT2D eigenvalue weighted by Gasteiger charge is -2.25. The highest BCUT2D eigenvalue weighted by Crippen LogP contribution is 2.19. The minimum atomic E-state index is -1.00. The van der Waals surface area contributed by atoms with Crippen molar-refractivity contribution in [1.82, 2.24) is 10.2 Å². The predicted molar refractivity (Wildman–Crippen MR) is 63.2 cm³/mol. The topological polar surface area (TPSA) is 122 Å². The Hall–Kier alpha value is -1.83. The first kappa shape index (κ1) is 13.6. The van der Waals surface area contributed by atoms with E-state index in [1.54, 1.807) is 0 Å². The number of likely N-dealkylation sites (tertiary alicyclic amines) is 1. The Bertz CT molecular complexity index is 400. The SMILES string of the molecule is NC(=O)C1CCCN1C(=O)NC1COCC1C(=O)O. The summed E-state index contributed by atoms with van der Waals surface area (Å²) >= 11 is 0. The Morgan fingerprint density at radius 1 is 1.32 bits per heavy atom. The summed E-state index contributed by atoms with van der Waals surface area (Å²) in [7, 11) is 0. The quantitative estimate of drug-likeness (QED) is 0.591. The molecule has 3 unspecified atom stereocenters. The summed E-state index contributed by atoms with van der Waals surface area (Å²) < 4.78 is 5.06. The van der Waals surface area contributed by atoms with Crippen molar-refractivity contribution in [3.8, 4) is 0 Å².